The molecule has 0 radical (unpaired) electrons. The Morgan fingerprint density at radius 3 is 2.44 bits per heavy atom. The summed E-state index contributed by atoms with van der Waals surface area (Å²) >= 11 is 8.51. The minimum atomic E-state index is -0.441. The number of halogens is 3. The Bertz CT molecular complexity index is 2190. The van der Waals surface area contributed by atoms with Crippen molar-refractivity contribution in [3.05, 3.63) is 163 Å². The maximum Gasteiger partial charge on any atom is 0.271 e. The van der Waals surface area contributed by atoms with Crippen LogP contribution in [0.4, 0.5) is 10.1 Å². The van der Waals surface area contributed by atoms with Gasteiger partial charge in [0.15, 0.2) is 4.80 Å². The van der Waals surface area contributed by atoms with Crippen LogP contribution in [0.15, 0.2) is 109 Å². The van der Waals surface area contributed by atoms with Gasteiger partial charge in [-0.05, 0) is 115 Å². The quantitative estimate of drug-likeness (QED) is 0.133. The third-order valence-corrected chi connectivity index (χ3v) is 10.1. The van der Waals surface area contributed by atoms with Crippen LogP contribution in [0.1, 0.15) is 40.3 Å². The van der Waals surface area contributed by atoms with Gasteiger partial charge in [-0.25, -0.2) is 9.38 Å². The first-order chi connectivity index (χ1) is 21.8. The zero-order valence-electron chi connectivity index (χ0n) is 23.4. The molecule has 0 fully saturated rings. The summed E-state index contributed by atoms with van der Waals surface area (Å²) in [5.74, 6) is 0.236. The number of rotatable bonds is 6. The Morgan fingerprint density at radius 1 is 1.02 bits per heavy atom. The summed E-state index contributed by atoms with van der Waals surface area (Å²) < 4.78 is 23.6. The van der Waals surface area contributed by atoms with Crippen LogP contribution in [0.25, 0.3) is 11.8 Å². The number of thiazole rings is 1. The Morgan fingerprint density at radius 2 is 1.73 bits per heavy atom. The van der Waals surface area contributed by atoms with E-state index >= 15 is 0 Å². The summed E-state index contributed by atoms with van der Waals surface area (Å²) in [6.07, 6.45) is 3.42. The fraction of sp³-hybridized carbons (Fsp3) is 0.118. The molecule has 1 atom stereocenters. The molecule has 0 saturated carbocycles. The van der Waals surface area contributed by atoms with E-state index in [9.17, 15) is 19.3 Å². The molecular formula is C34H22Br2FN3O4S. The molecule has 0 N–H and O–H groups in total. The van der Waals surface area contributed by atoms with Crippen molar-refractivity contribution < 1.29 is 14.1 Å². The maximum atomic E-state index is 14.0. The van der Waals surface area contributed by atoms with Gasteiger partial charge in [0.1, 0.15) is 18.2 Å². The number of benzene rings is 4. The van der Waals surface area contributed by atoms with Crippen LogP contribution < -0.4 is 19.6 Å². The van der Waals surface area contributed by atoms with Gasteiger partial charge in [0.25, 0.3) is 11.2 Å². The van der Waals surface area contributed by atoms with Crippen molar-refractivity contribution in [2.45, 2.75) is 25.5 Å². The largest absolute Gasteiger partial charge is 0.487 e. The van der Waals surface area contributed by atoms with E-state index in [1.54, 1.807) is 28.8 Å². The Labute approximate surface area is 277 Å². The van der Waals surface area contributed by atoms with Crippen LogP contribution >= 0.6 is 43.2 Å². The lowest BCUT2D eigenvalue weighted by molar-refractivity contribution is -0.384. The SMILES string of the molecule is O=c1/c(=C/c2cc(Br)c(OCc3ccc([N+](=O)[O-])cc3)c(Br)c2)sc2n1C(c1ccc(F)cc1)C1=C(N=2)c2ccccc2CC1. The molecule has 0 spiro atoms. The standard InChI is InChI=1S/C34H22Br2FN3O4S/c35-27-15-20(16-28(36)32(27)44-18-19-5-12-24(13-6-19)40(42)43)17-29-33(41)39-31(22-7-10-23(37)11-8-22)26-14-9-21-3-1-2-4-25(21)30(26)38-34(39)45-29/h1-8,10-13,15-17,31H,9,14,18H2/b29-17-. The summed E-state index contributed by atoms with van der Waals surface area (Å²) in [6.45, 7) is 0.213. The molecule has 1 aliphatic heterocycles. The lowest BCUT2D eigenvalue weighted by Crippen LogP contribution is -2.38. The van der Waals surface area contributed by atoms with Gasteiger partial charge in [0, 0.05) is 17.7 Å². The van der Waals surface area contributed by atoms with Crippen molar-refractivity contribution in [1.82, 2.24) is 4.57 Å². The number of aryl methyl sites for hydroxylation is 1. The summed E-state index contributed by atoms with van der Waals surface area (Å²) in [6, 6.07) is 24.1. The van der Waals surface area contributed by atoms with Gasteiger partial charge in [0.05, 0.1) is 30.1 Å². The second kappa shape index (κ2) is 12.0. The average molecular weight is 747 g/mol. The highest BCUT2D eigenvalue weighted by atomic mass is 79.9. The van der Waals surface area contributed by atoms with Crippen LogP contribution in [0, 0.1) is 15.9 Å². The molecule has 2 aliphatic rings. The Balaban J connectivity index is 1.27. The van der Waals surface area contributed by atoms with Gasteiger partial charge >= 0.3 is 0 Å². The highest BCUT2D eigenvalue weighted by Gasteiger charge is 2.32. The van der Waals surface area contributed by atoms with Crippen LogP contribution in [-0.4, -0.2) is 9.49 Å². The number of allylic oxidation sites excluding steroid dienone is 1. The molecule has 1 unspecified atom stereocenters. The van der Waals surface area contributed by atoms with E-state index in [-0.39, 0.29) is 29.7 Å². The molecule has 7 rings (SSSR count). The summed E-state index contributed by atoms with van der Waals surface area (Å²) in [5, 5.41) is 10.9. The molecule has 224 valence electrons. The Hall–Kier alpha value is -4.19. The minimum Gasteiger partial charge on any atom is -0.487 e. The molecule has 0 bridgehead atoms. The Kier molecular flexibility index (Phi) is 7.84. The van der Waals surface area contributed by atoms with Gasteiger partial charge in [-0.3, -0.25) is 19.5 Å². The van der Waals surface area contributed by atoms with Gasteiger partial charge in [0.2, 0.25) is 0 Å². The smallest absolute Gasteiger partial charge is 0.271 e. The molecular weight excluding hydrogens is 725 g/mol. The number of fused-ring (bicyclic) bond motifs is 3. The molecule has 11 heteroatoms. The van der Waals surface area contributed by atoms with Gasteiger partial charge in [-0.15, -0.1) is 0 Å². The second-order valence-corrected chi connectivity index (χ2v) is 13.4. The lowest BCUT2D eigenvalue weighted by Gasteiger charge is -2.30. The molecule has 7 nitrogen and oxygen atoms in total. The van der Waals surface area contributed by atoms with Crippen LogP contribution in [0.5, 0.6) is 5.75 Å². The van der Waals surface area contributed by atoms with Crippen LogP contribution in [0.3, 0.4) is 0 Å². The highest BCUT2D eigenvalue weighted by molar-refractivity contribution is 9.11. The average Bonchev–Trinajstić information content (AvgIpc) is 3.34. The monoisotopic (exact) mass is 745 g/mol. The van der Waals surface area contributed by atoms with E-state index in [1.807, 2.05) is 30.3 Å². The van der Waals surface area contributed by atoms with E-state index in [2.05, 4.69) is 44.0 Å². The summed E-state index contributed by atoms with van der Waals surface area (Å²) in [7, 11) is 0. The predicted molar refractivity (Wildman–Crippen MR) is 178 cm³/mol. The van der Waals surface area contributed by atoms with E-state index in [1.165, 1.54) is 41.2 Å². The van der Waals surface area contributed by atoms with Gasteiger partial charge in [-0.2, -0.15) is 0 Å². The highest BCUT2D eigenvalue weighted by Crippen LogP contribution is 2.41. The number of hydrogen-bond acceptors (Lipinski definition) is 6. The molecule has 1 aromatic heterocycles. The number of nitro groups is 1. The van der Waals surface area contributed by atoms with E-state index in [0.717, 1.165) is 46.4 Å². The minimum absolute atomic E-state index is 0.0183. The topological polar surface area (TPSA) is 86.7 Å². The van der Waals surface area contributed by atoms with Crippen molar-refractivity contribution in [2.24, 2.45) is 4.99 Å². The third kappa shape index (κ3) is 5.60. The van der Waals surface area contributed by atoms with Crippen molar-refractivity contribution >= 4 is 60.7 Å². The number of hydrogen-bond donors (Lipinski definition) is 0. The van der Waals surface area contributed by atoms with Crippen LogP contribution in [0.2, 0.25) is 0 Å². The van der Waals surface area contributed by atoms with Crippen molar-refractivity contribution in [3.8, 4) is 5.75 Å². The third-order valence-electron chi connectivity index (χ3n) is 7.91. The lowest BCUT2D eigenvalue weighted by atomic mass is 9.83. The molecule has 2 heterocycles. The fourth-order valence-electron chi connectivity index (χ4n) is 5.79. The molecule has 5 aromatic rings. The number of nitro benzene ring substituents is 1. The second-order valence-electron chi connectivity index (χ2n) is 10.7. The molecule has 45 heavy (non-hydrogen) atoms. The van der Waals surface area contributed by atoms with Gasteiger partial charge in [-0.1, -0.05) is 47.7 Å². The normalized spacial score (nSPS) is 15.6. The van der Waals surface area contributed by atoms with Crippen molar-refractivity contribution in [3.63, 3.8) is 0 Å². The fourth-order valence-corrected chi connectivity index (χ4v) is 8.24. The first-order valence-corrected chi connectivity index (χ1v) is 16.4. The van der Waals surface area contributed by atoms with E-state index in [4.69, 9.17) is 9.73 Å². The predicted octanol–water partition coefficient (Wildman–Crippen LogP) is 7.47. The molecule has 0 amide bonds. The zero-order valence-corrected chi connectivity index (χ0v) is 27.4. The summed E-state index contributed by atoms with van der Waals surface area (Å²) in [4.78, 5) is 30.2. The van der Waals surface area contributed by atoms with E-state index < -0.39 is 4.92 Å². The van der Waals surface area contributed by atoms with E-state index in [0.29, 0.717) is 24.0 Å². The maximum absolute atomic E-state index is 14.0. The summed E-state index contributed by atoms with van der Waals surface area (Å²) in [5.41, 5.74) is 6.49. The van der Waals surface area contributed by atoms with Crippen molar-refractivity contribution in [1.29, 1.82) is 0 Å². The van der Waals surface area contributed by atoms with Gasteiger partial charge < -0.3 is 4.74 Å². The van der Waals surface area contributed by atoms with Crippen molar-refractivity contribution in [2.75, 3.05) is 0 Å². The zero-order chi connectivity index (χ0) is 31.2. The number of aromatic nitrogens is 1. The first-order valence-electron chi connectivity index (χ1n) is 14.0. The number of nitrogens with zero attached hydrogens (tertiary/aromatic N) is 3. The number of non-ortho nitro benzene ring substituents is 1. The first kappa shape index (κ1) is 29.5. The molecule has 1 aliphatic carbocycles. The molecule has 4 aromatic carbocycles. The number of ether oxygens (including phenoxy) is 1. The molecule has 0 saturated heterocycles. The van der Waals surface area contributed by atoms with Crippen LogP contribution in [-0.2, 0) is 13.0 Å².